The Morgan fingerprint density at radius 1 is 1.50 bits per heavy atom. The van der Waals surface area contributed by atoms with Gasteiger partial charge in [0, 0.05) is 0 Å². The van der Waals surface area contributed by atoms with Crippen LogP contribution < -0.4 is 20.4 Å². The first-order valence-corrected chi connectivity index (χ1v) is 7.62. The van der Waals surface area contributed by atoms with E-state index >= 15 is 0 Å². The standard InChI is InChI=1S/C14H17N3O4S/c1-4-11(22-13-14(19)21-16-17(13)2)12(18)15-9-7-5-6-8-10(9)20-3/h5-8,11H,4H2,1-3H3,(H-,15,16,18,19)/p+1. The largest absolute Gasteiger partial charge is 0.495 e. The average molecular weight is 324 g/mol. The first kappa shape index (κ1) is 16.2. The minimum atomic E-state index is -0.490. The Kier molecular flexibility index (Phi) is 5.26. The number of aromatic nitrogens is 2. The van der Waals surface area contributed by atoms with Crippen LogP contribution in [0, 0.1) is 0 Å². The molecular weight excluding hydrogens is 306 g/mol. The number of rotatable bonds is 6. The van der Waals surface area contributed by atoms with Crippen molar-refractivity contribution in [1.82, 2.24) is 5.27 Å². The molecule has 1 heterocycles. The number of aromatic amines is 1. The Labute approximate surface area is 131 Å². The fourth-order valence-electron chi connectivity index (χ4n) is 1.88. The highest BCUT2D eigenvalue weighted by atomic mass is 32.2. The van der Waals surface area contributed by atoms with E-state index in [1.807, 2.05) is 19.1 Å². The lowest BCUT2D eigenvalue weighted by atomic mass is 10.2. The number of H-pyrrole nitrogens is 1. The molecular formula is C14H18N3O4S+. The number of carbonyl (C=O) groups is 1. The Morgan fingerprint density at radius 3 is 2.82 bits per heavy atom. The van der Waals surface area contributed by atoms with Gasteiger partial charge in [-0.05, 0) is 35.6 Å². The number of aryl methyl sites for hydroxylation is 1. The van der Waals surface area contributed by atoms with Gasteiger partial charge in [-0.15, -0.1) is 0 Å². The van der Waals surface area contributed by atoms with Gasteiger partial charge in [-0.2, -0.15) is 0 Å². The fraction of sp³-hybridized carbons (Fsp3) is 0.357. The van der Waals surface area contributed by atoms with Crippen LogP contribution in [0.2, 0.25) is 0 Å². The number of benzene rings is 1. The number of methoxy groups -OCH3 is 1. The number of carbonyl (C=O) groups excluding carboxylic acids is 1. The van der Waals surface area contributed by atoms with Crippen LogP contribution in [0.4, 0.5) is 5.69 Å². The Morgan fingerprint density at radius 2 is 2.23 bits per heavy atom. The van der Waals surface area contributed by atoms with Crippen molar-refractivity contribution in [2.24, 2.45) is 7.05 Å². The lowest BCUT2D eigenvalue weighted by molar-refractivity contribution is -0.772. The molecule has 118 valence electrons. The molecule has 0 saturated carbocycles. The van der Waals surface area contributed by atoms with Crippen molar-refractivity contribution >= 4 is 23.4 Å². The quantitative estimate of drug-likeness (QED) is 0.618. The molecule has 8 heteroatoms. The van der Waals surface area contributed by atoms with E-state index < -0.39 is 10.9 Å². The summed E-state index contributed by atoms with van der Waals surface area (Å²) in [4.78, 5) is 24.0. The molecule has 2 N–H and O–H groups in total. The molecule has 0 aliphatic carbocycles. The molecule has 0 aliphatic rings. The average Bonchev–Trinajstić information content (AvgIpc) is 2.84. The minimum absolute atomic E-state index is 0.197. The van der Waals surface area contributed by atoms with Crippen LogP contribution in [0.3, 0.4) is 0 Å². The summed E-state index contributed by atoms with van der Waals surface area (Å²) in [5.74, 6) is 0.389. The fourth-order valence-corrected chi connectivity index (χ4v) is 2.81. The maximum absolute atomic E-state index is 12.4. The normalized spacial score (nSPS) is 12.0. The molecule has 7 nitrogen and oxygen atoms in total. The number of thioether (sulfide) groups is 1. The van der Waals surface area contributed by atoms with Gasteiger partial charge in [0.15, 0.2) is 7.05 Å². The highest BCUT2D eigenvalue weighted by Gasteiger charge is 2.27. The van der Waals surface area contributed by atoms with Crippen molar-refractivity contribution < 1.29 is 18.7 Å². The predicted octanol–water partition coefficient (Wildman–Crippen LogP) is 1.31. The van der Waals surface area contributed by atoms with Gasteiger partial charge in [0.2, 0.25) is 5.91 Å². The smallest absolute Gasteiger partial charge is 0.441 e. The van der Waals surface area contributed by atoms with Crippen molar-refractivity contribution in [2.45, 2.75) is 23.6 Å². The second-order valence-corrected chi connectivity index (χ2v) is 5.74. The van der Waals surface area contributed by atoms with Crippen LogP contribution in [0.5, 0.6) is 5.75 Å². The maximum Gasteiger partial charge on any atom is 0.441 e. The number of hydrogen-bond acceptors (Lipinski definition) is 5. The first-order valence-electron chi connectivity index (χ1n) is 6.74. The van der Waals surface area contributed by atoms with Crippen molar-refractivity contribution in [3.63, 3.8) is 0 Å². The second-order valence-electron chi connectivity index (χ2n) is 4.55. The molecule has 1 amide bonds. The van der Waals surface area contributed by atoms with Crippen molar-refractivity contribution in [1.29, 1.82) is 0 Å². The van der Waals surface area contributed by atoms with Crippen LogP contribution in [0.15, 0.2) is 38.6 Å². The summed E-state index contributed by atoms with van der Waals surface area (Å²) in [7, 11) is 3.19. The zero-order valence-electron chi connectivity index (χ0n) is 12.6. The highest BCUT2D eigenvalue weighted by Crippen LogP contribution is 2.26. The summed E-state index contributed by atoms with van der Waals surface area (Å²) in [6.45, 7) is 1.88. The van der Waals surface area contributed by atoms with Crippen molar-refractivity contribution in [3.05, 3.63) is 34.7 Å². The summed E-state index contributed by atoms with van der Waals surface area (Å²) < 4.78 is 11.3. The van der Waals surface area contributed by atoms with Gasteiger partial charge in [0.05, 0.1) is 18.0 Å². The third kappa shape index (κ3) is 3.51. The van der Waals surface area contributed by atoms with Gasteiger partial charge in [-0.1, -0.05) is 23.7 Å². The van der Waals surface area contributed by atoms with Crippen molar-refractivity contribution in [2.75, 3.05) is 12.4 Å². The topological polar surface area (TPSA) is 88.2 Å². The van der Waals surface area contributed by atoms with E-state index in [1.54, 1.807) is 26.3 Å². The van der Waals surface area contributed by atoms with E-state index in [9.17, 15) is 9.59 Å². The monoisotopic (exact) mass is 324 g/mol. The van der Waals surface area contributed by atoms with Crippen LogP contribution >= 0.6 is 11.8 Å². The van der Waals surface area contributed by atoms with Crippen molar-refractivity contribution in [3.8, 4) is 5.75 Å². The number of ether oxygens (including phenoxy) is 1. The Balaban J connectivity index is 2.14. The lowest BCUT2D eigenvalue weighted by Gasteiger charge is -2.14. The van der Waals surface area contributed by atoms with E-state index in [1.165, 1.54) is 4.68 Å². The molecule has 0 saturated heterocycles. The lowest BCUT2D eigenvalue weighted by Crippen LogP contribution is -2.35. The van der Waals surface area contributed by atoms with Gasteiger partial charge in [-0.25, -0.2) is 4.79 Å². The Bertz CT molecular complexity index is 710. The third-order valence-corrected chi connectivity index (χ3v) is 4.53. The van der Waals surface area contributed by atoms with Gasteiger partial charge in [0.25, 0.3) is 0 Å². The zero-order chi connectivity index (χ0) is 16.1. The summed E-state index contributed by atoms with van der Waals surface area (Å²) in [5.41, 5.74) is 0.107. The van der Waals surface area contributed by atoms with Gasteiger partial charge in [0.1, 0.15) is 5.75 Å². The molecule has 0 bridgehead atoms. The molecule has 1 aromatic carbocycles. The minimum Gasteiger partial charge on any atom is -0.495 e. The van der Waals surface area contributed by atoms with Crippen LogP contribution in [-0.2, 0) is 11.8 Å². The maximum atomic E-state index is 12.4. The SMILES string of the molecule is CCC(Sc1c(=O)o[nH][n+]1C)C(=O)Nc1ccccc1OC. The third-order valence-electron chi connectivity index (χ3n) is 3.04. The molecule has 1 aromatic heterocycles. The number of nitrogens with zero attached hydrogens (tertiary/aromatic N) is 1. The molecule has 0 aliphatic heterocycles. The van der Waals surface area contributed by atoms with E-state index in [0.29, 0.717) is 22.9 Å². The number of para-hydroxylation sites is 2. The van der Waals surface area contributed by atoms with Crippen LogP contribution in [0.25, 0.3) is 0 Å². The molecule has 2 aromatic rings. The molecule has 2 rings (SSSR count). The van der Waals surface area contributed by atoms with E-state index in [4.69, 9.17) is 4.74 Å². The summed E-state index contributed by atoms with van der Waals surface area (Å²) in [6, 6.07) is 7.17. The first-order chi connectivity index (χ1) is 10.6. The molecule has 1 atom stereocenters. The van der Waals surface area contributed by atoms with Crippen LogP contribution in [-0.4, -0.2) is 23.5 Å². The number of amides is 1. The number of anilines is 1. The van der Waals surface area contributed by atoms with Gasteiger partial charge in [-0.3, -0.25) is 9.32 Å². The number of hydrogen-bond donors (Lipinski definition) is 2. The Hall–Kier alpha value is -2.22. The summed E-state index contributed by atoms with van der Waals surface area (Å²) in [6.07, 6.45) is 0.566. The summed E-state index contributed by atoms with van der Waals surface area (Å²) in [5, 5.41) is 5.18. The molecule has 0 radical (unpaired) electrons. The molecule has 1 unspecified atom stereocenters. The van der Waals surface area contributed by atoms with Gasteiger partial charge >= 0.3 is 10.7 Å². The molecule has 22 heavy (non-hydrogen) atoms. The predicted molar refractivity (Wildman–Crippen MR) is 82.1 cm³/mol. The van der Waals surface area contributed by atoms with E-state index in [2.05, 4.69) is 15.1 Å². The second kappa shape index (κ2) is 7.17. The molecule has 0 spiro atoms. The summed E-state index contributed by atoms with van der Waals surface area (Å²) >= 11 is 1.16. The highest BCUT2D eigenvalue weighted by molar-refractivity contribution is 8.00. The zero-order valence-corrected chi connectivity index (χ0v) is 13.4. The molecule has 0 fully saturated rings. The van der Waals surface area contributed by atoms with Gasteiger partial charge < -0.3 is 10.1 Å². The van der Waals surface area contributed by atoms with E-state index in [0.717, 1.165) is 11.8 Å². The van der Waals surface area contributed by atoms with E-state index in [-0.39, 0.29) is 5.91 Å². The van der Waals surface area contributed by atoms with Crippen LogP contribution in [0.1, 0.15) is 13.3 Å². The number of nitrogens with one attached hydrogen (secondary N) is 2.